The van der Waals surface area contributed by atoms with Crippen molar-refractivity contribution >= 4 is 14.1 Å². The van der Waals surface area contributed by atoms with Gasteiger partial charge in [0.15, 0.2) is 14.1 Å². The molecular formula is C23H44O4Si. The van der Waals surface area contributed by atoms with Crippen LogP contribution < -0.4 is 0 Å². The molecule has 0 bridgehead atoms. The molecular weight excluding hydrogens is 368 g/mol. The van der Waals surface area contributed by atoms with E-state index in [4.69, 9.17) is 13.9 Å². The fourth-order valence-electron chi connectivity index (χ4n) is 5.64. The van der Waals surface area contributed by atoms with E-state index in [0.717, 1.165) is 12.8 Å². The van der Waals surface area contributed by atoms with Gasteiger partial charge in [-0.1, -0.05) is 54.9 Å². The Hall–Kier alpha value is -0.233. The highest BCUT2D eigenvalue weighted by molar-refractivity contribution is 6.77. The van der Waals surface area contributed by atoms with Gasteiger partial charge in [-0.05, 0) is 35.4 Å². The maximum atomic E-state index is 12.6. The molecule has 2 rings (SSSR count). The van der Waals surface area contributed by atoms with Crippen molar-refractivity contribution < 1.29 is 18.7 Å². The molecule has 0 aromatic rings. The predicted molar refractivity (Wildman–Crippen MR) is 117 cm³/mol. The SMILES string of the molecule is CC(C)[Si](OC[C@H](C)CC(=O)C[C@H]1COC2(CCCCC2)O1)(C(C)C)C(C)C. The molecule has 2 fully saturated rings. The number of ketones is 1. The van der Waals surface area contributed by atoms with Gasteiger partial charge >= 0.3 is 0 Å². The Bertz CT molecular complexity index is 475. The standard InChI is InChI=1S/C23H44O4Si/c1-17(2)28(18(3)4,19(5)6)26-15-20(7)13-21(24)14-22-16-25-23(27-22)11-9-8-10-12-23/h17-20,22H,8-16H2,1-7H3/t20-,22+/m1/s1. The number of ether oxygens (including phenoxy) is 2. The summed E-state index contributed by atoms with van der Waals surface area (Å²) in [4.78, 5) is 12.6. The molecule has 0 unspecified atom stereocenters. The van der Waals surface area contributed by atoms with E-state index in [-0.39, 0.29) is 23.6 Å². The van der Waals surface area contributed by atoms with Crippen molar-refractivity contribution in [2.24, 2.45) is 5.92 Å². The van der Waals surface area contributed by atoms with E-state index in [1.165, 1.54) is 19.3 Å². The Morgan fingerprint density at radius 1 is 1.00 bits per heavy atom. The normalized spacial score (nSPS) is 23.9. The highest BCUT2D eigenvalue weighted by Gasteiger charge is 2.45. The molecule has 0 aromatic heterocycles. The summed E-state index contributed by atoms with van der Waals surface area (Å²) in [6.45, 7) is 17.2. The maximum absolute atomic E-state index is 12.6. The van der Waals surface area contributed by atoms with Gasteiger partial charge in [0.05, 0.1) is 12.7 Å². The van der Waals surface area contributed by atoms with Crippen LogP contribution >= 0.6 is 0 Å². The number of carbonyl (C=O) groups is 1. The van der Waals surface area contributed by atoms with Crippen molar-refractivity contribution in [3.8, 4) is 0 Å². The summed E-state index contributed by atoms with van der Waals surface area (Å²) in [6, 6.07) is 0. The third-order valence-electron chi connectivity index (χ3n) is 6.89. The summed E-state index contributed by atoms with van der Waals surface area (Å²) in [5, 5.41) is 0. The minimum absolute atomic E-state index is 0.0609. The molecule has 1 aliphatic heterocycles. The Kier molecular flexibility index (Phi) is 8.75. The average Bonchev–Trinajstić information content (AvgIpc) is 2.96. The lowest BCUT2D eigenvalue weighted by atomic mass is 9.94. The Morgan fingerprint density at radius 2 is 1.57 bits per heavy atom. The number of carbonyl (C=O) groups excluding carboxylic acids is 1. The van der Waals surface area contributed by atoms with Gasteiger partial charge in [-0.25, -0.2) is 0 Å². The zero-order valence-electron chi connectivity index (χ0n) is 19.4. The third-order valence-corrected chi connectivity index (χ3v) is 13.0. The van der Waals surface area contributed by atoms with Gasteiger partial charge < -0.3 is 13.9 Å². The monoisotopic (exact) mass is 412 g/mol. The summed E-state index contributed by atoms with van der Waals surface area (Å²) in [6.07, 6.45) is 6.56. The molecule has 1 aliphatic carbocycles. The summed E-state index contributed by atoms with van der Waals surface area (Å²) >= 11 is 0. The van der Waals surface area contributed by atoms with E-state index in [0.29, 0.717) is 42.7 Å². The van der Waals surface area contributed by atoms with Crippen molar-refractivity contribution in [2.45, 2.75) is 122 Å². The summed E-state index contributed by atoms with van der Waals surface area (Å²) in [5.74, 6) is 0.152. The molecule has 1 heterocycles. The number of Topliss-reactive ketones (excluding diaryl/α,β-unsaturated/α-hetero) is 1. The molecule has 1 saturated heterocycles. The minimum atomic E-state index is -1.86. The van der Waals surface area contributed by atoms with Crippen molar-refractivity contribution in [1.29, 1.82) is 0 Å². The second kappa shape index (κ2) is 10.2. The number of rotatable bonds is 10. The molecule has 5 heteroatoms. The lowest BCUT2D eigenvalue weighted by Crippen LogP contribution is -2.48. The average molecular weight is 413 g/mol. The molecule has 2 atom stereocenters. The second-order valence-corrected chi connectivity index (χ2v) is 15.7. The highest BCUT2D eigenvalue weighted by Crippen LogP contribution is 2.42. The molecule has 1 saturated carbocycles. The quantitative estimate of drug-likeness (QED) is 0.398. The summed E-state index contributed by atoms with van der Waals surface area (Å²) in [7, 11) is -1.86. The van der Waals surface area contributed by atoms with Gasteiger partial charge in [-0.15, -0.1) is 0 Å². The lowest BCUT2D eigenvalue weighted by Gasteiger charge is -2.42. The van der Waals surface area contributed by atoms with Gasteiger partial charge in [0.2, 0.25) is 0 Å². The molecule has 0 amide bonds. The summed E-state index contributed by atoms with van der Waals surface area (Å²) in [5.41, 5.74) is 1.73. The van der Waals surface area contributed by atoms with Crippen LogP contribution in [-0.2, 0) is 18.7 Å². The van der Waals surface area contributed by atoms with E-state index in [1.807, 2.05) is 0 Å². The Labute approximate surface area is 174 Å². The van der Waals surface area contributed by atoms with Crippen LogP contribution in [0.3, 0.4) is 0 Å². The van der Waals surface area contributed by atoms with E-state index < -0.39 is 8.32 Å². The fourth-order valence-corrected chi connectivity index (χ4v) is 11.2. The third kappa shape index (κ3) is 5.68. The topological polar surface area (TPSA) is 44.8 Å². The first kappa shape index (κ1) is 24.0. The number of hydrogen-bond acceptors (Lipinski definition) is 4. The van der Waals surface area contributed by atoms with E-state index in [1.54, 1.807) is 0 Å². The first-order chi connectivity index (χ1) is 13.1. The smallest absolute Gasteiger partial charge is 0.200 e. The van der Waals surface area contributed by atoms with Crippen LogP contribution in [0.2, 0.25) is 16.6 Å². The van der Waals surface area contributed by atoms with Crippen molar-refractivity contribution in [3.63, 3.8) is 0 Å². The molecule has 0 radical (unpaired) electrons. The van der Waals surface area contributed by atoms with Crippen molar-refractivity contribution in [1.82, 2.24) is 0 Å². The molecule has 164 valence electrons. The van der Waals surface area contributed by atoms with Crippen molar-refractivity contribution in [2.75, 3.05) is 13.2 Å². The molecule has 28 heavy (non-hydrogen) atoms. The van der Waals surface area contributed by atoms with Gasteiger partial charge in [0.1, 0.15) is 5.78 Å². The zero-order valence-corrected chi connectivity index (χ0v) is 20.4. The van der Waals surface area contributed by atoms with Crippen LogP contribution in [0.5, 0.6) is 0 Å². The van der Waals surface area contributed by atoms with Crippen molar-refractivity contribution in [3.05, 3.63) is 0 Å². The van der Waals surface area contributed by atoms with E-state index in [9.17, 15) is 4.79 Å². The first-order valence-electron chi connectivity index (χ1n) is 11.6. The van der Waals surface area contributed by atoms with Crippen LogP contribution in [0.25, 0.3) is 0 Å². The molecule has 0 N–H and O–H groups in total. The fraction of sp³-hybridized carbons (Fsp3) is 0.957. The van der Waals surface area contributed by atoms with Crippen LogP contribution in [0, 0.1) is 5.92 Å². The Balaban J connectivity index is 1.80. The molecule has 2 aliphatic rings. The lowest BCUT2D eigenvalue weighted by molar-refractivity contribution is -0.187. The van der Waals surface area contributed by atoms with Crippen LogP contribution in [0.1, 0.15) is 93.4 Å². The van der Waals surface area contributed by atoms with Gasteiger partial charge in [0, 0.05) is 32.3 Å². The van der Waals surface area contributed by atoms with Crippen LogP contribution in [0.15, 0.2) is 0 Å². The number of hydrogen-bond donors (Lipinski definition) is 0. The van der Waals surface area contributed by atoms with Crippen LogP contribution in [-0.4, -0.2) is 39.2 Å². The highest BCUT2D eigenvalue weighted by atomic mass is 28.4. The van der Waals surface area contributed by atoms with Crippen LogP contribution in [0.4, 0.5) is 0 Å². The maximum Gasteiger partial charge on any atom is 0.200 e. The summed E-state index contributed by atoms with van der Waals surface area (Å²) < 4.78 is 18.8. The zero-order chi connectivity index (χ0) is 20.9. The van der Waals surface area contributed by atoms with E-state index >= 15 is 0 Å². The Morgan fingerprint density at radius 3 is 2.11 bits per heavy atom. The largest absolute Gasteiger partial charge is 0.416 e. The van der Waals surface area contributed by atoms with Gasteiger partial charge in [-0.2, -0.15) is 0 Å². The second-order valence-electron chi connectivity index (χ2n) is 10.2. The van der Waals surface area contributed by atoms with Gasteiger partial charge in [0.25, 0.3) is 0 Å². The molecule has 1 spiro atoms. The molecule has 4 nitrogen and oxygen atoms in total. The molecule has 0 aromatic carbocycles. The predicted octanol–water partition coefficient (Wildman–Crippen LogP) is 6.24. The first-order valence-corrected chi connectivity index (χ1v) is 13.7. The van der Waals surface area contributed by atoms with Gasteiger partial charge in [-0.3, -0.25) is 4.79 Å². The van der Waals surface area contributed by atoms with E-state index in [2.05, 4.69) is 48.5 Å². The minimum Gasteiger partial charge on any atom is -0.416 e.